The number of likely N-dealkylation sites (tertiary alicyclic amines) is 1. The fraction of sp³-hybridized carbons (Fsp3) is 0.714. The van der Waals surface area contributed by atoms with Crippen LogP contribution in [0.5, 0.6) is 11.5 Å². The minimum atomic E-state index is -2.08. The van der Waals surface area contributed by atoms with Crippen LogP contribution in [0.2, 0.25) is 18.1 Å². The number of fused-ring (bicyclic) bond motifs is 2. The Morgan fingerprint density at radius 3 is 2.45 bits per heavy atom. The standard InChI is InChI=1S/C28H43NO6S2Si/c1-26(2,3)34-24(30)29-13-12-28(18-10-11-20-21(14-18)32-17-31-20)22(29)15-19(16-23(28)33-25(36)37-7)35-38(8,9)27(4,5)6/h10-11,14,19,22-23H,12-13,15-17H2,1-9H3/t19-,22-,23-,28+/m0/s1. The number of hydrogen-bond acceptors (Lipinski definition) is 8. The highest BCUT2D eigenvalue weighted by Gasteiger charge is 2.61. The SMILES string of the molecule is CSC(=S)O[C@H]1C[C@@H](O[Si](C)(C)C(C)(C)C)C[C@@H]2N(C(=O)OC(C)(C)C)CC[C@]12c1ccc2c(c1)OCO2. The third-order valence-electron chi connectivity index (χ3n) is 8.49. The van der Waals surface area contributed by atoms with Gasteiger partial charge in [0.15, 0.2) is 19.8 Å². The number of hydrogen-bond donors (Lipinski definition) is 0. The van der Waals surface area contributed by atoms with Crippen molar-refractivity contribution in [3.8, 4) is 11.5 Å². The molecule has 1 aliphatic carbocycles. The van der Waals surface area contributed by atoms with Gasteiger partial charge in [0.25, 0.3) is 0 Å². The molecule has 4 atom stereocenters. The van der Waals surface area contributed by atoms with Gasteiger partial charge in [-0.1, -0.05) is 38.6 Å². The summed E-state index contributed by atoms with van der Waals surface area (Å²) in [5, 5.41) is 0.0598. The molecule has 7 nitrogen and oxygen atoms in total. The molecule has 2 heterocycles. The molecule has 1 amide bonds. The number of thiocarbonyl (C=S) groups is 1. The highest BCUT2D eigenvalue weighted by Crippen LogP contribution is 2.54. The van der Waals surface area contributed by atoms with E-state index < -0.39 is 19.3 Å². The first-order valence-corrected chi connectivity index (χ1v) is 17.9. The highest BCUT2D eigenvalue weighted by molar-refractivity contribution is 8.22. The van der Waals surface area contributed by atoms with Crippen LogP contribution in [-0.2, 0) is 19.3 Å². The average molecular weight is 582 g/mol. The maximum atomic E-state index is 13.6. The predicted octanol–water partition coefficient (Wildman–Crippen LogP) is 6.88. The number of benzene rings is 1. The van der Waals surface area contributed by atoms with Crippen molar-refractivity contribution in [3.05, 3.63) is 23.8 Å². The predicted molar refractivity (Wildman–Crippen MR) is 158 cm³/mol. The second-order valence-electron chi connectivity index (χ2n) is 13.1. The van der Waals surface area contributed by atoms with Crippen LogP contribution in [0, 0.1) is 0 Å². The van der Waals surface area contributed by atoms with E-state index in [0.29, 0.717) is 23.8 Å². The van der Waals surface area contributed by atoms with Crippen LogP contribution in [0.3, 0.4) is 0 Å². The molecule has 4 rings (SSSR count). The first-order chi connectivity index (χ1) is 17.6. The molecule has 2 aliphatic heterocycles. The number of carbonyl (C=O) groups is 1. The van der Waals surface area contributed by atoms with Crippen molar-refractivity contribution >= 4 is 42.8 Å². The number of thioether (sulfide) groups is 1. The summed E-state index contributed by atoms with van der Waals surface area (Å²) in [6, 6.07) is 5.92. The minimum Gasteiger partial charge on any atom is -0.474 e. The molecule has 1 aromatic rings. The monoisotopic (exact) mass is 581 g/mol. The van der Waals surface area contributed by atoms with E-state index in [2.05, 4.69) is 46.0 Å². The second kappa shape index (κ2) is 10.5. The van der Waals surface area contributed by atoms with E-state index >= 15 is 0 Å². The van der Waals surface area contributed by atoms with Crippen LogP contribution in [0.15, 0.2) is 18.2 Å². The number of rotatable bonds is 4. The minimum absolute atomic E-state index is 0.0598. The first kappa shape index (κ1) is 29.5. The van der Waals surface area contributed by atoms with Gasteiger partial charge in [0.1, 0.15) is 11.7 Å². The molecule has 212 valence electrons. The van der Waals surface area contributed by atoms with Crippen molar-refractivity contribution in [2.45, 2.75) is 108 Å². The summed E-state index contributed by atoms with van der Waals surface area (Å²) in [6.07, 6.45) is 3.41. The molecule has 0 spiro atoms. The largest absolute Gasteiger partial charge is 0.474 e. The smallest absolute Gasteiger partial charge is 0.410 e. The lowest BCUT2D eigenvalue weighted by atomic mass is 9.63. The van der Waals surface area contributed by atoms with Gasteiger partial charge in [-0.3, -0.25) is 0 Å². The molecule has 1 saturated heterocycles. The van der Waals surface area contributed by atoms with E-state index in [-0.39, 0.29) is 36.2 Å². The Kier molecular flexibility index (Phi) is 8.13. The van der Waals surface area contributed by atoms with Gasteiger partial charge in [-0.2, -0.15) is 0 Å². The van der Waals surface area contributed by atoms with Crippen LogP contribution in [0.25, 0.3) is 0 Å². The number of amides is 1. The van der Waals surface area contributed by atoms with Crippen molar-refractivity contribution in [1.82, 2.24) is 4.90 Å². The fourth-order valence-electron chi connectivity index (χ4n) is 5.67. The molecule has 3 aliphatic rings. The Labute approximate surface area is 238 Å². The maximum absolute atomic E-state index is 13.6. The Morgan fingerprint density at radius 2 is 1.82 bits per heavy atom. The Morgan fingerprint density at radius 1 is 1.13 bits per heavy atom. The van der Waals surface area contributed by atoms with Crippen LogP contribution in [-0.4, -0.2) is 67.1 Å². The average Bonchev–Trinajstić information content (AvgIpc) is 3.41. The normalized spacial score (nSPS) is 27.2. The summed E-state index contributed by atoms with van der Waals surface area (Å²) < 4.78 is 31.3. The molecular formula is C28H43NO6S2Si. The summed E-state index contributed by atoms with van der Waals surface area (Å²) >= 11 is 7.02. The van der Waals surface area contributed by atoms with E-state index in [1.165, 1.54) is 11.8 Å². The van der Waals surface area contributed by atoms with E-state index in [9.17, 15) is 4.79 Å². The van der Waals surface area contributed by atoms with E-state index in [1.807, 2.05) is 38.0 Å². The summed E-state index contributed by atoms with van der Waals surface area (Å²) in [5.74, 6) is 1.45. The Bertz CT molecular complexity index is 1070. The summed E-state index contributed by atoms with van der Waals surface area (Å²) in [7, 11) is -2.08. The van der Waals surface area contributed by atoms with Gasteiger partial charge in [0, 0.05) is 13.0 Å². The zero-order valence-electron chi connectivity index (χ0n) is 24.2. The first-order valence-electron chi connectivity index (χ1n) is 13.4. The summed E-state index contributed by atoms with van der Waals surface area (Å²) in [5.41, 5.74) is -0.0221. The zero-order chi connectivity index (χ0) is 28.1. The Hall–Kier alpha value is -1.49. The lowest BCUT2D eigenvalue weighted by Gasteiger charge is -2.51. The third-order valence-corrected chi connectivity index (χ3v) is 14.0. The van der Waals surface area contributed by atoms with Gasteiger partial charge in [0.2, 0.25) is 11.2 Å². The topological polar surface area (TPSA) is 66.5 Å². The molecule has 10 heteroatoms. The molecule has 0 bridgehead atoms. The van der Waals surface area contributed by atoms with Gasteiger partial charge in [-0.05, 0) is 87.9 Å². The van der Waals surface area contributed by atoms with Crippen LogP contribution >= 0.6 is 24.0 Å². The third kappa shape index (κ3) is 5.69. The molecule has 1 aromatic carbocycles. The van der Waals surface area contributed by atoms with Crippen molar-refractivity contribution in [3.63, 3.8) is 0 Å². The molecule has 0 N–H and O–H groups in total. The van der Waals surface area contributed by atoms with Crippen LogP contribution < -0.4 is 9.47 Å². The van der Waals surface area contributed by atoms with E-state index in [0.717, 1.165) is 23.5 Å². The van der Waals surface area contributed by atoms with Gasteiger partial charge in [-0.15, -0.1) is 0 Å². The number of carbonyl (C=O) groups excluding carboxylic acids is 1. The Balaban J connectivity index is 1.79. The van der Waals surface area contributed by atoms with Crippen molar-refractivity contribution < 1.29 is 28.2 Å². The lowest BCUT2D eigenvalue weighted by Crippen LogP contribution is -2.60. The molecule has 2 fully saturated rings. The summed E-state index contributed by atoms with van der Waals surface area (Å²) in [6.45, 7) is 17.8. The van der Waals surface area contributed by atoms with Crippen LogP contribution in [0.1, 0.15) is 66.4 Å². The van der Waals surface area contributed by atoms with Gasteiger partial charge < -0.3 is 28.3 Å². The van der Waals surface area contributed by atoms with Gasteiger partial charge in [-0.25, -0.2) is 4.79 Å². The molecule has 0 unspecified atom stereocenters. The summed E-state index contributed by atoms with van der Waals surface area (Å²) in [4.78, 5) is 15.5. The molecule has 1 saturated carbocycles. The van der Waals surface area contributed by atoms with Crippen LogP contribution in [0.4, 0.5) is 4.79 Å². The number of nitrogens with zero attached hydrogens (tertiary/aromatic N) is 1. The van der Waals surface area contributed by atoms with Gasteiger partial charge in [0.05, 0.1) is 17.6 Å². The number of ether oxygens (including phenoxy) is 4. The fourth-order valence-corrected chi connectivity index (χ4v) is 7.38. The van der Waals surface area contributed by atoms with Gasteiger partial charge >= 0.3 is 6.09 Å². The molecule has 0 radical (unpaired) electrons. The lowest BCUT2D eigenvalue weighted by molar-refractivity contribution is -0.0354. The highest BCUT2D eigenvalue weighted by atomic mass is 32.2. The second-order valence-corrected chi connectivity index (χ2v) is 19.2. The maximum Gasteiger partial charge on any atom is 0.410 e. The van der Waals surface area contributed by atoms with Crippen molar-refractivity contribution in [2.75, 3.05) is 19.6 Å². The quantitative estimate of drug-likeness (QED) is 0.282. The molecular weight excluding hydrogens is 539 g/mol. The van der Waals surface area contributed by atoms with E-state index in [4.69, 9.17) is 35.6 Å². The zero-order valence-corrected chi connectivity index (χ0v) is 26.8. The molecule has 0 aromatic heterocycles. The van der Waals surface area contributed by atoms with Crippen molar-refractivity contribution in [2.24, 2.45) is 0 Å². The van der Waals surface area contributed by atoms with E-state index in [1.54, 1.807) is 0 Å². The molecule has 38 heavy (non-hydrogen) atoms. The van der Waals surface area contributed by atoms with Crippen molar-refractivity contribution in [1.29, 1.82) is 0 Å².